The van der Waals surface area contributed by atoms with Gasteiger partial charge in [0.1, 0.15) is 17.9 Å². The van der Waals surface area contributed by atoms with Crippen molar-refractivity contribution in [2.75, 3.05) is 7.11 Å². The molecule has 5 heteroatoms. The summed E-state index contributed by atoms with van der Waals surface area (Å²) in [6.07, 6.45) is 3.77. The number of hydrogen-bond acceptors (Lipinski definition) is 4. The molecule has 0 bridgehead atoms. The predicted octanol–water partition coefficient (Wildman–Crippen LogP) is 1.59. The maximum absolute atomic E-state index is 5.28. The minimum atomic E-state index is 0.375. The van der Waals surface area contributed by atoms with Gasteiger partial charge < -0.3 is 10.1 Å². The van der Waals surface area contributed by atoms with Gasteiger partial charge in [0.25, 0.3) is 0 Å². The third-order valence-electron chi connectivity index (χ3n) is 3.41. The van der Waals surface area contributed by atoms with Crippen LogP contribution in [0.2, 0.25) is 0 Å². The lowest BCUT2D eigenvalue weighted by Gasteiger charge is -2.13. The summed E-state index contributed by atoms with van der Waals surface area (Å²) in [6, 6.07) is 6.68. The molecule has 1 heterocycles. The van der Waals surface area contributed by atoms with Crippen molar-refractivity contribution >= 4 is 0 Å². The molecule has 5 nitrogen and oxygen atoms in total. The number of benzene rings is 1. The summed E-state index contributed by atoms with van der Waals surface area (Å²) >= 11 is 0. The standard InChI is InChI=1S/C13H16N4O/c1-18-10-4-2-9-3-5-12(11(9)6-10)14-7-13-15-8-16-17-13/h2,4,6,8,12,14H,3,5,7H2,1H3,(H,15,16,17). The number of nitrogens with zero attached hydrogens (tertiary/aromatic N) is 2. The summed E-state index contributed by atoms with van der Waals surface area (Å²) in [7, 11) is 1.70. The molecule has 2 N–H and O–H groups in total. The molecule has 0 spiro atoms. The fraction of sp³-hybridized carbons (Fsp3) is 0.385. The zero-order valence-corrected chi connectivity index (χ0v) is 10.3. The molecule has 1 aliphatic carbocycles. The number of aromatic nitrogens is 3. The first kappa shape index (κ1) is 11.2. The number of methoxy groups -OCH3 is 1. The van der Waals surface area contributed by atoms with Crippen LogP contribution in [0.25, 0.3) is 0 Å². The van der Waals surface area contributed by atoms with E-state index in [1.54, 1.807) is 7.11 Å². The summed E-state index contributed by atoms with van der Waals surface area (Å²) in [5, 5.41) is 10.2. The van der Waals surface area contributed by atoms with Gasteiger partial charge in [0.15, 0.2) is 0 Å². The maximum atomic E-state index is 5.28. The van der Waals surface area contributed by atoms with Crippen molar-refractivity contribution in [2.45, 2.75) is 25.4 Å². The van der Waals surface area contributed by atoms with E-state index in [9.17, 15) is 0 Å². The number of aryl methyl sites for hydroxylation is 1. The number of ether oxygens (including phenoxy) is 1. The molecule has 1 aliphatic rings. The van der Waals surface area contributed by atoms with E-state index in [0.717, 1.165) is 24.4 Å². The van der Waals surface area contributed by atoms with Gasteiger partial charge in [-0.15, -0.1) is 0 Å². The molecule has 2 aromatic rings. The molecule has 0 aliphatic heterocycles. The fourth-order valence-corrected chi connectivity index (χ4v) is 2.46. The van der Waals surface area contributed by atoms with E-state index in [0.29, 0.717) is 12.6 Å². The molecule has 18 heavy (non-hydrogen) atoms. The van der Waals surface area contributed by atoms with Crippen molar-refractivity contribution in [3.63, 3.8) is 0 Å². The van der Waals surface area contributed by atoms with Crippen molar-refractivity contribution in [1.29, 1.82) is 0 Å². The number of nitrogens with one attached hydrogen (secondary N) is 2. The monoisotopic (exact) mass is 244 g/mol. The van der Waals surface area contributed by atoms with Gasteiger partial charge in [-0.25, -0.2) is 4.98 Å². The van der Waals surface area contributed by atoms with Crippen LogP contribution in [0.4, 0.5) is 0 Å². The van der Waals surface area contributed by atoms with Crippen molar-refractivity contribution in [1.82, 2.24) is 20.5 Å². The molecule has 1 atom stereocenters. The van der Waals surface area contributed by atoms with E-state index in [-0.39, 0.29) is 0 Å². The Labute approximate surface area is 106 Å². The zero-order chi connectivity index (χ0) is 12.4. The highest BCUT2D eigenvalue weighted by atomic mass is 16.5. The van der Waals surface area contributed by atoms with Crippen LogP contribution >= 0.6 is 0 Å². The lowest BCUT2D eigenvalue weighted by molar-refractivity contribution is 0.413. The van der Waals surface area contributed by atoms with Crippen LogP contribution in [-0.4, -0.2) is 22.3 Å². The number of rotatable bonds is 4. The molecule has 94 valence electrons. The molecular formula is C13H16N4O. The number of aromatic amines is 1. The topological polar surface area (TPSA) is 62.8 Å². The van der Waals surface area contributed by atoms with Crippen LogP contribution in [-0.2, 0) is 13.0 Å². The Morgan fingerprint density at radius 2 is 2.44 bits per heavy atom. The average Bonchev–Trinajstić information content (AvgIpc) is 3.05. The van der Waals surface area contributed by atoms with Crippen LogP contribution in [0.1, 0.15) is 29.4 Å². The Morgan fingerprint density at radius 1 is 1.50 bits per heavy atom. The summed E-state index contributed by atoms with van der Waals surface area (Å²) in [4.78, 5) is 4.11. The highest BCUT2D eigenvalue weighted by Crippen LogP contribution is 2.33. The normalized spacial score (nSPS) is 17.7. The number of fused-ring (bicyclic) bond motifs is 1. The van der Waals surface area contributed by atoms with E-state index in [2.05, 4.69) is 32.6 Å². The summed E-state index contributed by atoms with van der Waals surface area (Å²) in [5.41, 5.74) is 2.75. The largest absolute Gasteiger partial charge is 0.497 e. The van der Waals surface area contributed by atoms with Crippen LogP contribution in [0.3, 0.4) is 0 Å². The Hall–Kier alpha value is -1.88. The van der Waals surface area contributed by atoms with Crippen LogP contribution < -0.4 is 10.1 Å². The number of hydrogen-bond donors (Lipinski definition) is 2. The molecule has 0 saturated carbocycles. The van der Waals surface area contributed by atoms with E-state index >= 15 is 0 Å². The van der Waals surface area contributed by atoms with Gasteiger partial charge in [0.05, 0.1) is 13.7 Å². The lowest BCUT2D eigenvalue weighted by Crippen LogP contribution is -2.19. The second-order valence-corrected chi connectivity index (χ2v) is 4.47. The first-order chi connectivity index (χ1) is 8.86. The second kappa shape index (κ2) is 4.78. The van der Waals surface area contributed by atoms with E-state index in [1.165, 1.54) is 17.5 Å². The summed E-state index contributed by atoms with van der Waals surface area (Å²) in [5.74, 6) is 1.79. The summed E-state index contributed by atoms with van der Waals surface area (Å²) in [6.45, 7) is 0.710. The zero-order valence-electron chi connectivity index (χ0n) is 10.3. The van der Waals surface area contributed by atoms with Crippen LogP contribution in [0.15, 0.2) is 24.5 Å². The van der Waals surface area contributed by atoms with Gasteiger partial charge in [-0.1, -0.05) is 6.07 Å². The first-order valence-electron chi connectivity index (χ1n) is 6.11. The van der Waals surface area contributed by atoms with Gasteiger partial charge in [-0.05, 0) is 36.1 Å². The Kier molecular flexibility index (Phi) is 2.98. The van der Waals surface area contributed by atoms with E-state index in [4.69, 9.17) is 4.74 Å². The summed E-state index contributed by atoms with van der Waals surface area (Å²) < 4.78 is 5.28. The number of H-pyrrole nitrogens is 1. The van der Waals surface area contributed by atoms with E-state index < -0.39 is 0 Å². The Morgan fingerprint density at radius 3 is 3.22 bits per heavy atom. The van der Waals surface area contributed by atoms with Crippen molar-refractivity contribution in [3.05, 3.63) is 41.5 Å². The predicted molar refractivity (Wildman–Crippen MR) is 67.3 cm³/mol. The van der Waals surface area contributed by atoms with Gasteiger partial charge in [0.2, 0.25) is 0 Å². The lowest BCUT2D eigenvalue weighted by atomic mass is 10.1. The van der Waals surface area contributed by atoms with Crippen LogP contribution in [0.5, 0.6) is 5.75 Å². The molecule has 0 amide bonds. The molecule has 3 rings (SSSR count). The first-order valence-corrected chi connectivity index (χ1v) is 6.11. The van der Waals surface area contributed by atoms with Crippen molar-refractivity contribution in [2.24, 2.45) is 0 Å². The molecule has 1 unspecified atom stereocenters. The Balaban J connectivity index is 1.73. The van der Waals surface area contributed by atoms with Gasteiger partial charge in [0, 0.05) is 6.04 Å². The minimum Gasteiger partial charge on any atom is -0.497 e. The van der Waals surface area contributed by atoms with Gasteiger partial charge >= 0.3 is 0 Å². The SMILES string of the molecule is COc1ccc2c(c1)C(NCc1ncn[nH]1)CC2. The van der Waals surface area contributed by atoms with Crippen molar-refractivity contribution < 1.29 is 4.74 Å². The Bertz CT molecular complexity index is 524. The van der Waals surface area contributed by atoms with Gasteiger partial charge in [-0.3, -0.25) is 5.10 Å². The highest BCUT2D eigenvalue weighted by molar-refractivity contribution is 5.40. The average molecular weight is 244 g/mol. The molecule has 0 radical (unpaired) electrons. The van der Waals surface area contributed by atoms with Crippen molar-refractivity contribution in [3.8, 4) is 5.75 Å². The molecule has 0 fully saturated rings. The highest BCUT2D eigenvalue weighted by Gasteiger charge is 2.22. The quantitative estimate of drug-likeness (QED) is 0.857. The third-order valence-corrected chi connectivity index (χ3v) is 3.41. The smallest absolute Gasteiger partial charge is 0.138 e. The minimum absolute atomic E-state index is 0.375. The fourth-order valence-electron chi connectivity index (χ4n) is 2.46. The molecule has 1 aromatic carbocycles. The molecule has 0 saturated heterocycles. The maximum Gasteiger partial charge on any atom is 0.138 e. The second-order valence-electron chi connectivity index (χ2n) is 4.47. The third kappa shape index (κ3) is 2.09. The molecule has 1 aromatic heterocycles. The van der Waals surface area contributed by atoms with Crippen LogP contribution in [0, 0.1) is 0 Å². The molecular weight excluding hydrogens is 228 g/mol. The van der Waals surface area contributed by atoms with E-state index in [1.807, 2.05) is 6.07 Å². The van der Waals surface area contributed by atoms with Gasteiger partial charge in [-0.2, -0.15) is 5.10 Å².